The molecule has 0 heterocycles. The van der Waals surface area contributed by atoms with Gasteiger partial charge in [-0.3, -0.25) is 0 Å². The minimum absolute atomic E-state index is 0.174. The van der Waals surface area contributed by atoms with Crippen LogP contribution < -0.4 is 10.2 Å². The largest absolute Gasteiger partial charge is 0.492 e. The van der Waals surface area contributed by atoms with Gasteiger partial charge in [-0.05, 0) is 42.0 Å². The van der Waals surface area contributed by atoms with Crippen LogP contribution in [0.5, 0.6) is 5.75 Å². The van der Waals surface area contributed by atoms with Crippen molar-refractivity contribution < 1.29 is 14.8 Å². The Bertz CT molecular complexity index is 626. The first kappa shape index (κ1) is 14.4. The van der Waals surface area contributed by atoms with Crippen molar-refractivity contribution in [3.63, 3.8) is 0 Å². The maximum absolute atomic E-state index is 9.76. The summed E-state index contributed by atoms with van der Waals surface area (Å²) in [4.78, 5) is 0. The highest BCUT2D eigenvalue weighted by Crippen LogP contribution is 2.28. The fourth-order valence-electron chi connectivity index (χ4n) is 3.31. The van der Waals surface area contributed by atoms with Crippen molar-refractivity contribution in [3.05, 3.63) is 36.4 Å². The molecule has 1 saturated carbocycles. The standard InChI is InChI=1S/C17H21BO3/c1-12-5-4-7-14(11-12)21-16-10-9-13-6-2-3-8-15(13)17(16)18(19)20/h2-3,6,8-10,12,14,19-20H,4-5,7,11H2,1H3. The maximum atomic E-state index is 9.76. The first-order valence-electron chi connectivity index (χ1n) is 7.69. The quantitative estimate of drug-likeness (QED) is 0.851. The lowest BCUT2D eigenvalue weighted by Crippen LogP contribution is -2.34. The van der Waals surface area contributed by atoms with Crippen LogP contribution in [0.3, 0.4) is 0 Å². The van der Waals surface area contributed by atoms with Gasteiger partial charge in [0.25, 0.3) is 0 Å². The Morgan fingerprint density at radius 3 is 2.67 bits per heavy atom. The average Bonchev–Trinajstić information content (AvgIpc) is 2.46. The molecule has 0 aromatic heterocycles. The summed E-state index contributed by atoms with van der Waals surface area (Å²) in [5.74, 6) is 1.27. The SMILES string of the molecule is CC1CCCC(Oc2ccc3ccccc3c2B(O)O)C1. The Balaban J connectivity index is 1.95. The number of hydrogen-bond donors (Lipinski definition) is 2. The number of rotatable bonds is 3. The highest BCUT2D eigenvalue weighted by molar-refractivity contribution is 6.63. The number of fused-ring (bicyclic) bond motifs is 1. The molecule has 110 valence electrons. The van der Waals surface area contributed by atoms with E-state index in [1.807, 2.05) is 36.4 Å². The summed E-state index contributed by atoms with van der Waals surface area (Å²) < 4.78 is 6.11. The van der Waals surface area contributed by atoms with Crippen LogP contribution in [0.1, 0.15) is 32.6 Å². The minimum atomic E-state index is -1.52. The molecular formula is C17H21BO3. The van der Waals surface area contributed by atoms with E-state index < -0.39 is 7.12 Å². The third-order valence-corrected chi connectivity index (χ3v) is 4.37. The highest BCUT2D eigenvalue weighted by Gasteiger charge is 2.25. The normalized spacial score (nSPS) is 22.2. The Labute approximate surface area is 125 Å². The summed E-state index contributed by atoms with van der Waals surface area (Å²) in [6.07, 6.45) is 4.68. The third kappa shape index (κ3) is 3.06. The molecule has 0 spiro atoms. The van der Waals surface area contributed by atoms with Crippen molar-refractivity contribution in [3.8, 4) is 5.75 Å². The molecule has 0 aliphatic heterocycles. The molecular weight excluding hydrogens is 263 g/mol. The van der Waals surface area contributed by atoms with Crippen LogP contribution in [0.25, 0.3) is 10.8 Å². The van der Waals surface area contributed by atoms with Crippen LogP contribution in [0.4, 0.5) is 0 Å². The lowest BCUT2D eigenvalue weighted by molar-refractivity contribution is 0.130. The van der Waals surface area contributed by atoms with Gasteiger partial charge in [-0.15, -0.1) is 0 Å². The van der Waals surface area contributed by atoms with Crippen molar-refractivity contribution in [2.75, 3.05) is 0 Å². The van der Waals surface area contributed by atoms with E-state index in [0.717, 1.165) is 23.6 Å². The summed E-state index contributed by atoms with van der Waals surface area (Å²) in [5, 5.41) is 21.4. The van der Waals surface area contributed by atoms with E-state index >= 15 is 0 Å². The van der Waals surface area contributed by atoms with Crippen LogP contribution in [-0.4, -0.2) is 23.3 Å². The van der Waals surface area contributed by atoms with Gasteiger partial charge in [-0.1, -0.05) is 43.7 Å². The molecule has 2 atom stereocenters. The Morgan fingerprint density at radius 2 is 1.90 bits per heavy atom. The number of hydrogen-bond acceptors (Lipinski definition) is 3. The summed E-state index contributed by atoms with van der Waals surface area (Å²) in [5.41, 5.74) is 0.478. The van der Waals surface area contributed by atoms with E-state index in [2.05, 4.69) is 6.92 Å². The first-order chi connectivity index (χ1) is 10.1. The van der Waals surface area contributed by atoms with E-state index in [0.29, 0.717) is 17.1 Å². The average molecular weight is 284 g/mol. The van der Waals surface area contributed by atoms with Gasteiger partial charge in [0.2, 0.25) is 0 Å². The Kier molecular flexibility index (Phi) is 4.18. The van der Waals surface area contributed by atoms with E-state index in [-0.39, 0.29) is 6.10 Å². The van der Waals surface area contributed by atoms with Gasteiger partial charge in [0.1, 0.15) is 5.75 Å². The predicted molar refractivity (Wildman–Crippen MR) is 85.8 cm³/mol. The molecule has 4 heteroatoms. The van der Waals surface area contributed by atoms with Gasteiger partial charge in [-0.25, -0.2) is 0 Å². The molecule has 2 unspecified atom stereocenters. The maximum Gasteiger partial charge on any atom is 0.492 e. The van der Waals surface area contributed by atoms with Gasteiger partial charge in [0.15, 0.2) is 0 Å². The van der Waals surface area contributed by atoms with Gasteiger partial charge in [0, 0.05) is 5.46 Å². The molecule has 2 aromatic carbocycles. The first-order valence-corrected chi connectivity index (χ1v) is 7.69. The predicted octanol–water partition coefficient (Wildman–Crippen LogP) is 2.48. The van der Waals surface area contributed by atoms with E-state index in [9.17, 15) is 10.0 Å². The molecule has 2 aromatic rings. The van der Waals surface area contributed by atoms with Crippen molar-refractivity contribution in [1.29, 1.82) is 0 Å². The van der Waals surface area contributed by atoms with Crippen LogP contribution in [-0.2, 0) is 0 Å². The van der Waals surface area contributed by atoms with Crippen LogP contribution in [0.15, 0.2) is 36.4 Å². The zero-order chi connectivity index (χ0) is 14.8. The van der Waals surface area contributed by atoms with Gasteiger partial charge in [-0.2, -0.15) is 0 Å². The molecule has 3 rings (SSSR count). The van der Waals surface area contributed by atoms with Gasteiger partial charge < -0.3 is 14.8 Å². The number of ether oxygens (including phenoxy) is 1. The fourth-order valence-corrected chi connectivity index (χ4v) is 3.31. The van der Waals surface area contributed by atoms with Crippen molar-refractivity contribution in [2.24, 2.45) is 5.92 Å². The zero-order valence-corrected chi connectivity index (χ0v) is 12.3. The minimum Gasteiger partial charge on any atom is -0.491 e. The molecule has 1 fully saturated rings. The molecule has 0 bridgehead atoms. The summed E-state index contributed by atoms with van der Waals surface area (Å²) in [6.45, 7) is 2.25. The summed E-state index contributed by atoms with van der Waals surface area (Å²) in [6, 6.07) is 11.5. The molecule has 1 aliphatic carbocycles. The molecule has 0 saturated heterocycles. The lowest BCUT2D eigenvalue weighted by atomic mass is 9.76. The van der Waals surface area contributed by atoms with Crippen LogP contribution >= 0.6 is 0 Å². The van der Waals surface area contributed by atoms with Crippen molar-refractivity contribution >= 4 is 23.4 Å². The summed E-state index contributed by atoms with van der Waals surface area (Å²) in [7, 11) is -1.52. The molecule has 1 aliphatic rings. The van der Waals surface area contributed by atoms with E-state index in [1.165, 1.54) is 12.8 Å². The zero-order valence-electron chi connectivity index (χ0n) is 12.3. The fraction of sp³-hybridized carbons (Fsp3) is 0.412. The van der Waals surface area contributed by atoms with E-state index in [1.54, 1.807) is 0 Å². The molecule has 0 amide bonds. The molecule has 2 N–H and O–H groups in total. The Morgan fingerprint density at radius 1 is 1.10 bits per heavy atom. The van der Waals surface area contributed by atoms with Crippen molar-refractivity contribution in [2.45, 2.75) is 38.7 Å². The van der Waals surface area contributed by atoms with Crippen LogP contribution in [0.2, 0.25) is 0 Å². The topological polar surface area (TPSA) is 49.7 Å². The molecule has 21 heavy (non-hydrogen) atoms. The summed E-state index contributed by atoms with van der Waals surface area (Å²) >= 11 is 0. The van der Waals surface area contributed by atoms with Gasteiger partial charge >= 0.3 is 7.12 Å². The van der Waals surface area contributed by atoms with Gasteiger partial charge in [0.05, 0.1) is 6.10 Å². The monoisotopic (exact) mass is 284 g/mol. The molecule has 0 radical (unpaired) electrons. The number of benzene rings is 2. The smallest absolute Gasteiger partial charge is 0.491 e. The van der Waals surface area contributed by atoms with Crippen LogP contribution in [0, 0.1) is 5.92 Å². The van der Waals surface area contributed by atoms with E-state index in [4.69, 9.17) is 4.74 Å². The third-order valence-electron chi connectivity index (χ3n) is 4.37. The molecule has 3 nitrogen and oxygen atoms in total. The second kappa shape index (κ2) is 6.08. The Hall–Kier alpha value is -1.52. The second-order valence-corrected chi connectivity index (χ2v) is 6.08. The highest BCUT2D eigenvalue weighted by atomic mass is 16.5. The lowest BCUT2D eigenvalue weighted by Gasteiger charge is -2.28. The second-order valence-electron chi connectivity index (χ2n) is 6.08. The van der Waals surface area contributed by atoms with Crippen molar-refractivity contribution in [1.82, 2.24) is 0 Å².